The Bertz CT molecular complexity index is 597. The molecule has 0 aromatic heterocycles. The molecule has 0 aliphatic heterocycles. The lowest BCUT2D eigenvalue weighted by atomic mass is 9.83. The summed E-state index contributed by atoms with van der Waals surface area (Å²) in [6, 6.07) is 5.11. The van der Waals surface area contributed by atoms with E-state index in [0.717, 1.165) is 6.42 Å². The van der Waals surface area contributed by atoms with Crippen LogP contribution in [0.5, 0.6) is 11.5 Å². The van der Waals surface area contributed by atoms with E-state index in [9.17, 15) is 9.59 Å². The number of primary amides is 1. The van der Waals surface area contributed by atoms with Gasteiger partial charge in [0, 0.05) is 11.6 Å². The van der Waals surface area contributed by atoms with E-state index in [1.165, 1.54) is 39.2 Å². The SMILES string of the molecule is CC[C@H](NC(=O)c1ccc(OCC(N)=O)c(OC)c1)C1CCCCC1. The molecule has 6 nitrogen and oxygen atoms in total. The number of rotatable bonds is 8. The summed E-state index contributed by atoms with van der Waals surface area (Å²) < 4.78 is 10.5. The molecule has 1 saturated carbocycles. The van der Waals surface area contributed by atoms with Gasteiger partial charge in [0.05, 0.1) is 7.11 Å². The second kappa shape index (κ2) is 9.30. The summed E-state index contributed by atoms with van der Waals surface area (Å²) in [5, 5.41) is 3.16. The highest BCUT2D eigenvalue weighted by molar-refractivity contribution is 5.95. The third-order valence-corrected chi connectivity index (χ3v) is 4.77. The molecule has 25 heavy (non-hydrogen) atoms. The van der Waals surface area contributed by atoms with Gasteiger partial charge in [0.2, 0.25) is 0 Å². The molecule has 6 heteroatoms. The van der Waals surface area contributed by atoms with E-state index < -0.39 is 5.91 Å². The average Bonchev–Trinajstić information content (AvgIpc) is 2.64. The smallest absolute Gasteiger partial charge is 0.255 e. The zero-order chi connectivity index (χ0) is 18.2. The Hall–Kier alpha value is -2.24. The molecule has 1 fully saturated rings. The van der Waals surface area contributed by atoms with Gasteiger partial charge in [-0.1, -0.05) is 26.2 Å². The van der Waals surface area contributed by atoms with Gasteiger partial charge in [0.15, 0.2) is 18.1 Å². The number of hydrogen-bond acceptors (Lipinski definition) is 4. The van der Waals surface area contributed by atoms with E-state index in [1.807, 2.05) is 0 Å². The Morgan fingerprint density at radius 1 is 1.24 bits per heavy atom. The highest BCUT2D eigenvalue weighted by atomic mass is 16.5. The number of amides is 2. The van der Waals surface area contributed by atoms with Crippen LogP contribution in [0.1, 0.15) is 55.8 Å². The fourth-order valence-corrected chi connectivity index (χ4v) is 3.42. The molecule has 0 heterocycles. The fraction of sp³-hybridized carbons (Fsp3) is 0.579. The van der Waals surface area contributed by atoms with Crippen LogP contribution in [0.25, 0.3) is 0 Å². The largest absolute Gasteiger partial charge is 0.493 e. The molecule has 0 bridgehead atoms. The van der Waals surface area contributed by atoms with Crippen LogP contribution in [0.15, 0.2) is 18.2 Å². The van der Waals surface area contributed by atoms with Crippen LogP contribution < -0.4 is 20.5 Å². The Kier molecular flexibility index (Phi) is 7.10. The van der Waals surface area contributed by atoms with Crippen molar-refractivity contribution in [3.63, 3.8) is 0 Å². The summed E-state index contributed by atoms with van der Waals surface area (Å²) in [7, 11) is 1.49. The van der Waals surface area contributed by atoms with Gasteiger partial charge in [-0.2, -0.15) is 0 Å². The van der Waals surface area contributed by atoms with Gasteiger partial charge in [-0.3, -0.25) is 9.59 Å². The summed E-state index contributed by atoms with van der Waals surface area (Å²) in [6.07, 6.45) is 7.08. The second-order valence-electron chi connectivity index (χ2n) is 6.51. The van der Waals surface area contributed by atoms with E-state index in [0.29, 0.717) is 23.0 Å². The molecule has 2 amide bonds. The number of carbonyl (C=O) groups excluding carboxylic acids is 2. The van der Waals surface area contributed by atoms with Crippen LogP contribution in [0.2, 0.25) is 0 Å². The summed E-state index contributed by atoms with van der Waals surface area (Å²) in [5.74, 6) is 0.666. The zero-order valence-corrected chi connectivity index (χ0v) is 15.0. The van der Waals surface area contributed by atoms with Crippen molar-refractivity contribution >= 4 is 11.8 Å². The first kappa shape index (κ1) is 19.1. The fourth-order valence-electron chi connectivity index (χ4n) is 3.42. The predicted molar refractivity (Wildman–Crippen MR) is 95.8 cm³/mol. The molecule has 1 aromatic carbocycles. The lowest BCUT2D eigenvalue weighted by Gasteiger charge is -2.30. The summed E-state index contributed by atoms with van der Waals surface area (Å²) in [5.41, 5.74) is 5.59. The molecule has 0 spiro atoms. The molecular weight excluding hydrogens is 320 g/mol. The zero-order valence-electron chi connectivity index (χ0n) is 15.0. The topological polar surface area (TPSA) is 90.6 Å². The highest BCUT2D eigenvalue weighted by Gasteiger charge is 2.24. The molecule has 1 atom stereocenters. The summed E-state index contributed by atoms with van der Waals surface area (Å²) in [4.78, 5) is 23.5. The van der Waals surface area contributed by atoms with Crippen molar-refractivity contribution in [3.8, 4) is 11.5 Å². The van der Waals surface area contributed by atoms with Crippen molar-refractivity contribution in [1.29, 1.82) is 0 Å². The Labute approximate surface area is 149 Å². The van der Waals surface area contributed by atoms with Crippen LogP contribution in [-0.2, 0) is 4.79 Å². The first-order valence-electron chi connectivity index (χ1n) is 8.95. The van der Waals surface area contributed by atoms with Gasteiger partial charge < -0.3 is 20.5 Å². The van der Waals surface area contributed by atoms with Gasteiger partial charge in [-0.15, -0.1) is 0 Å². The van der Waals surface area contributed by atoms with Gasteiger partial charge >= 0.3 is 0 Å². The first-order valence-corrected chi connectivity index (χ1v) is 8.95. The van der Waals surface area contributed by atoms with E-state index in [2.05, 4.69) is 12.2 Å². The minimum atomic E-state index is -0.567. The van der Waals surface area contributed by atoms with Crippen molar-refractivity contribution < 1.29 is 19.1 Å². The predicted octanol–water partition coefficient (Wildman–Crippen LogP) is 2.65. The molecule has 1 aliphatic carbocycles. The minimum absolute atomic E-state index is 0.114. The van der Waals surface area contributed by atoms with E-state index in [4.69, 9.17) is 15.2 Å². The highest BCUT2D eigenvalue weighted by Crippen LogP contribution is 2.30. The average molecular weight is 348 g/mol. The minimum Gasteiger partial charge on any atom is -0.493 e. The lowest BCUT2D eigenvalue weighted by molar-refractivity contribution is -0.119. The molecule has 3 N–H and O–H groups in total. The van der Waals surface area contributed by atoms with Crippen LogP contribution in [-0.4, -0.2) is 31.6 Å². The van der Waals surface area contributed by atoms with E-state index in [-0.39, 0.29) is 18.6 Å². The van der Waals surface area contributed by atoms with Gasteiger partial charge in [0.25, 0.3) is 11.8 Å². The van der Waals surface area contributed by atoms with Crippen LogP contribution >= 0.6 is 0 Å². The van der Waals surface area contributed by atoms with Crippen LogP contribution in [0.3, 0.4) is 0 Å². The number of ether oxygens (including phenoxy) is 2. The van der Waals surface area contributed by atoms with Crippen molar-refractivity contribution in [1.82, 2.24) is 5.32 Å². The summed E-state index contributed by atoms with van der Waals surface area (Å²) in [6.45, 7) is 1.88. The normalized spacial score (nSPS) is 16.1. The molecule has 1 aromatic rings. The quantitative estimate of drug-likeness (QED) is 0.755. The number of nitrogens with two attached hydrogens (primary N) is 1. The lowest BCUT2D eigenvalue weighted by Crippen LogP contribution is -2.40. The van der Waals surface area contributed by atoms with Crippen molar-refractivity contribution in [2.75, 3.05) is 13.7 Å². The van der Waals surface area contributed by atoms with Crippen molar-refractivity contribution in [2.45, 2.75) is 51.5 Å². The number of nitrogens with one attached hydrogen (secondary N) is 1. The number of carbonyl (C=O) groups is 2. The maximum atomic E-state index is 12.6. The third-order valence-electron chi connectivity index (χ3n) is 4.77. The molecular formula is C19H28N2O4. The number of hydrogen-bond donors (Lipinski definition) is 2. The maximum absolute atomic E-state index is 12.6. The monoisotopic (exact) mass is 348 g/mol. The van der Waals surface area contributed by atoms with Gasteiger partial charge in [0.1, 0.15) is 0 Å². The van der Waals surface area contributed by atoms with Crippen LogP contribution in [0, 0.1) is 5.92 Å². The molecule has 0 radical (unpaired) electrons. The standard InChI is InChI=1S/C19H28N2O4/c1-3-15(13-7-5-4-6-8-13)21-19(23)14-9-10-16(17(11-14)24-2)25-12-18(20)22/h9-11,13,15H,3-8,12H2,1-2H3,(H2,20,22)(H,21,23)/t15-/m0/s1. The summed E-state index contributed by atoms with van der Waals surface area (Å²) >= 11 is 0. The van der Waals surface area contributed by atoms with E-state index in [1.54, 1.807) is 18.2 Å². The van der Waals surface area contributed by atoms with Gasteiger partial charge in [-0.25, -0.2) is 0 Å². The first-order chi connectivity index (χ1) is 12.0. The number of methoxy groups -OCH3 is 1. The number of benzene rings is 1. The molecule has 2 rings (SSSR count). The van der Waals surface area contributed by atoms with E-state index >= 15 is 0 Å². The molecule has 138 valence electrons. The Morgan fingerprint density at radius 3 is 2.56 bits per heavy atom. The maximum Gasteiger partial charge on any atom is 0.255 e. The van der Waals surface area contributed by atoms with Crippen LogP contribution in [0.4, 0.5) is 0 Å². The second-order valence-corrected chi connectivity index (χ2v) is 6.51. The molecule has 0 saturated heterocycles. The van der Waals surface area contributed by atoms with Crippen molar-refractivity contribution in [3.05, 3.63) is 23.8 Å². The third kappa shape index (κ3) is 5.37. The van der Waals surface area contributed by atoms with Gasteiger partial charge in [-0.05, 0) is 43.4 Å². The molecule has 0 unspecified atom stereocenters. The Morgan fingerprint density at radius 2 is 1.96 bits per heavy atom. The Balaban J connectivity index is 2.05. The van der Waals surface area contributed by atoms with Crippen molar-refractivity contribution in [2.24, 2.45) is 11.7 Å². The molecule has 1 aliphatic rings.